The summed E-state index contributed by atoms with van der Waals surface area (Å²) in [7, 11) is 3.07. The molecule has 0 saturated carbocycles. The summed E-state index contributed by atoms with van der Waals surface area (Å²) in [4.78, 5) is 28.2. The van der Waals surface area contributed by atoms with Gasteiger partial charge in [0, 0.05) is 12.1 Å². The molecule has 4 rings (SSSR count). The fourth-order valence-corrected chi connectivity index (χ4v) is 4.60. The van der Waals surface area contributed by atoms with Crippen molar-refractivity contribution < 1.29 is 28.9 Å². The number of ketones is 1. The van der Waals surface area contributed by atoms with E-state index in [1.807, 2.05) is 30.3 Å². The van der Waals surface area contributed by atoms with Crippen LogP contribution in [0.15, 0.2) is 78.4 Å². The standard InChI is InChI=1S/C31H33NO6/c1-4-5-18-38-24-13-9-12-23(19-24)29(33)27-28(22-14-15-25(36-2)26(20-22)37-3)32(31(35)30(27)34)17-16-21-10-7-6-8-11-21/h6-15,19-20,28,33H,4-5,16-18H2,1-3H3/b29-27+. The number of methoxy groups -OCH3 is 2. The van der Waals surface area contributed by atoms with Crippen LogP contribution in [0.3, 0.4) is 0 Å². The summed E-state index contributed by atoms with van der Waals surface area (Å²) in [6.45, 7) is 2.93. The van der Waals surface area contributed by atoms with Gasteiger partial charge < -0.3 is 24.2 Å². The Hall–Kier alpha value is -4.26. The highest BCUT2D eigenvalue weighted by Gasteiger charge is 2.46. The zero-order valence-electron chi connectivity index (χ0n) is 22.0. The van der Waals surface area contributed by atoms with E-state index in [9.17, 15) is 14.7 Å². The molecule has 0 spiro atoms. The molecule has 1 N–H and O–H groups in total. The highest BCUT2D eigenvalue weighted by molar-refractivity contribution is 6.46. The Kier molecular flexibility index (Phi) is 8.69. The summed E-state index contributed by atoms with van der Waals surface area (Å²) in [6, 6.07) is 21.2. The smallest absolute Gasteiger partial charge is 0.295 e. The normalized spacial score (nSPS) is 16.5. The second-order valence-corrected chi connectivity index (χ2v) is 9.07. The molecule has 1 aliphatic heterocycles. The van der Waals surface area contributed by atoms with Crippen LogP contribution in [0.1, 0.15) is 42.5 Å². The molecule has 1 unspecified atom stereocenters. The lowest BCUT2D eigenvalue weighted by atomic mass is 9.94. The quantitative estimate of drug-likeness (QED) is 0.156. The Morgan fingerprint density at radius 3 is 2.39 bits per heavy atom. The molecule has 7 heteroatoms. The van der Waals surface area contributed by atoms with E-state index >= 15 is 0 Å². The van der Waals surface area contributed by atoms with Crippen molar-refractivity contribution in [3.63, 3.8) is 0 Å². The number of carbonyl (C=O) groups is 2. The van der Waals surface area contributed by atoms with Gasteiger partial charge in [-0.1, -0.05) is 61.9 Å². The number of hydrogen-bond donors (Lipinski definition) is 1. The van der Waals surface area contributed by atoms with Crippen LogP contribution in [-0.2, 0) is 16.0 Å². The van der Waals surface area contributed by atoms with Gasteiger partial charge in [0.15, 0.2) is 11.5 Å². The number of aliphatic hydroxyl groups excluding tert-OH is 1. The summed E-state index contributed by atoms with van der Waals surface area (Å²) in [5.41, 5.74) is 2.11. The molecule has 1 atom stereocenters. The Bertz CT molecular complexity index is 1320. The second kappa shape index (κ2) is 12.3. The van der Waals surface area contributed by atoms with Gasteiger partial charge in [-0.15, -0.1) is 0 Å². The van der Waals surface area contributed by atoms with Crippen LogP contribution in [0.5, 0.6) is 17.2 Å². The van der Waals surface area contributed by atoms with Gasteiger partial charge in [-0.05, 0) is 48.2 Å². The second-order valence-electron chi connectivity index (χ2n) is 9.07. The first-order valence-electron chi connectivity index (χ1n) is 12.8. The van der Waals surface area contributed by atoms with Crippen LogP contribution in [-0.4, -0.2) is 49.1 Å². The van der Waals surface area contributed by atoms with Crippen molar-refractivity contribution in [1.29, 1.82) is 0 Å². The summed E-state index contributed by atoms with van der Waals surface area (Å²) in [5, 5.41) is 11.4. The fourth-order valence-electron chi connectivity index (χ4n) is 4.60. The summed E-state index contributed by atoms with van der Waals surface area (Å²) < 4.78 is 16.7. The number of nitrogens with zero attached hydrogens (tertiary/aromatic N) is 1. The number of hydrogen-bond acceptors (Lipinski definition) is 6. The Balaban J connectivity index is 1.78. The summed E-state index contributed by atoms with van der Waals surface area (Å²) >= 11 is 0. The zero-order chi connectivity index (χ0) is 27.1. The molecule has 0 radical (unpaired) electrons. The molecular weight excluding hydrogens is 482 g/mol. The average Bonchev–Trinajstić information content (AvgIpc) is 3.21. The minimum atomic E-state index is -0.803. The third-order valence-corrected chi connectivity index (χ3v) is 6.62. The van der Waals surface area contributed by atoms with E-state index in [0.29, 0.717) is 47.9 Å². The van der Waals surface area contributed by atoms with Crippen LogP contribution in [0, 0.1) is 0 Å². The van der Waals surface area contributed by atoms with Crippen LogP contribution >= 0.6 is 0 Å². The molecule has 1 saturated heterocycles. The molecule has 1 aliphatic rings. The van der Waals surface area contributed by atoms with Crippen LogP contribution in [0.2, 0.25) is 0 Å². The van der Waals surface area contributed by atoms with E-state index in [-0.39, 0.29) is 11.3 Å². The number of ether oxygens (including phenoxy) is 3. The number of aliphatic hydroxyl groups is 1. The number of carbonyl (C=O) groups excluding carboxylic acids is 2. The van der Waals surface area contributed by atoms with Crippen molar-refractivity contribution in [1.82, 2.24) is 4.90 Å². The van der Waals surface area contributed by atoms with E-state index in [1.54, 1.807) is 49.6 Å². The van der Waals surface area contributed by atoms with E-state index in [0.717, 1.165) is 18.4 Å². The van der Waals surface area contributed by atoms with Gasteiger partial charge in [0.05, 0.1) is 32.4 Å². The van der Waals surface area contributed by atoms with Crippen LogP contribution in [0.25, 0.3) is 5.76 Å². The lowest BCUT2D eigenvalue weighted by molar-refractivity contribution is -0.139. The van der Waals surface area contributed by atoms with Crippen molar-refractivity contribution in [2.45, 2.75) is 32.2 Å². The third-order valence-electron chi connectivity index (χ3n) is 6.62. The number of unbranched alkanes of at least 4 members (excludes halogenated alkanes) is 1. The van der Waals surface area contributed by atoms with E-state index < -0.39 is 17.7 Å². The Labute approximate surface area is 223 Å². The first-order chi connectivity index (χ1) is 18.5. The minimum absolute atomic E-state index is 0.0287. The molecule has 0 aliphatic carbocycles. The molecule has 198 valence electrons. The van der Waals surface area contributed by atoms with Gasteiger partial charge in [0.2, 0.25) is 0 Å². The monoisotopic (exact) mass is 515 g/mol. The fraction of sp³-hybridized carbons (Fsp3) is 0.290. The number of rotatable bonds is 11. The van der Waals surface area contributed by atoms with Crippen LogP contribution < -0.4 is 14.2 Å². The first-order valence-corrected chi connectivity index (χ1v) is 12.8. The topological polar surface area (TPSA) is 85.3 Å². The molecule has 3 aromatic carbocycles. The van der Waals surface area contributed by atoms with Crippen molar-refractivity contribution >= 4 is 17.4 Å². The van der Waals surface area contributed by atoms with Gasteiger partial charge in [-0.25, -0.2) is 0 Å². The zero-order valence-corrected chi connectivity index (χ0v) is 22.0. The number of likely N-dealkylation sites (tertiary alicyclic amines) is 1. The van der Waals surface area contributed by atoms with Crippen molar-refractivity contribution in [2.24, 2.45) is 0 Å². The average molecular weight is 516 g/mol. The van der Waals surface area contributed by atoms with E-state index in [4.69, 9.17) is 14.2 Å². The van der Waals surface area contributed by atoms with Crippen molar-refractivity contribution in [3.8, 4) is 17.2 Å². The predicted molar refractivity (Wildman–Crippen MR) is 146 cm³/mol. The van der Waals surface area contributed by atoms with E-state index in [1.165, 1.54) is 12.0 Å². The predicted octanol–water partition coefficient (Wildman–Crippen LogP) is 5.55. The van der Waals surface area contributed by atoms with Gasteiger partial charge in [0.25, 0.3) is 11.7 Å². The molecule has 3 aromatic rings. The highest BCUT2D eigenvalue weighted by atomic mass is 16.5. The minimum Gasteiger partial charge on any atom is -0.507 e. The van der Waals surface area contributed by atoms with Gasteiger partial charge in [-0.2, -0.15) is 0 Å². The molecule has 0 bridgehead atoms. The summed E-state index contributed by atoms with van der Waals surface area (Å²) in [5.74, 6) is -0.0561. The van der Waals surface area contributed by atoms with Crippen LogP contribution in [0.4, 0.5) is 0 Å². The van der Waals surface area contributed by atoms with Crippen molar-refractivity contribution in [2.75, 3.05) is 27.4 Å². The number of benzene rings is 3. The molecule has 1 fully saturated rings. The number of amides is 1. The SMILES string of the molecule is CCCCOc1cccc(/C(O)=C2\C(=O)C(=O)N(CCc3ccccc3)C2c2ccc(OC)c(OC)c2)c1. The molecular formula is C31H33NO6. The van der Waals surface area contributed by atoms with Crippen molar-refractivity contribution in [3.05, 3.63) is 95.1 Å². The molecule has 7 nitrogen and oxygen atoms in total. The van der Waals surface area contributed by atoms with Gasteiger partial charge >= 0.3 is 0 Å². The lowest BCUT2D eigenvalue weighted by Crippen LogP contribution is -2.31. The maximum Gasteiger partial charge on any atom is 0.295 e. The lowest BCUT2D eigenvalue weighted by Gasteiger charge is -2.26. The third kappa shape index (κ3) is 5.67. The molecule has 1 heterocycles. The van der Waals surface area contributed by atoms with Gasteiger partial charge in [0.1, 0.15) is 11.5 Å². The highest BCUT2D eigenvalue weighted by Crippen LogP contribution is 2.42. The molecule has 38 heavy (non-hydrogen) atoms. The maximum atomic E-state index is 13.4. The number of Topliss-reactive ketones (excluding diaryl/α,β-unsaturated/α-hetero) is 1. The molecule has 0 aromatic heterocycles. The Morgan fingerprint density at radius 1 is 0.921 bits per heavy atom. The first kappa shape index (κ1) is 26.8. The Morgan fingerprint density at radius 2 is 1.68 bits per heavy atom. The largest absolute Gasteiger partial charge is 0.507 e. The van der Waals surface area contributed by atoms with Gasteiger partial charge in [-0.3, -0.25) is 9.59 Å². The van der Waals surface area contributed by atoms with E-state index in [2.05, 4.69) is 6.92 Å². The maximum absolute atomic E-state index is 13.4. The molecule has 1 amide bonds. The summed E-state index contributed by atoms with van der Waals surface area (Å²) in [6.07, 6.45) is 2.46.